The van der Waals surface area contributed by atoms with Crippen molar-refractivity contribution in [3.8, 4) is 0 Å². The van der Waals surface area contributed by atoms with Crippen LogP contribution in [0, 0.1) is 11.6 Å². The minimum atomic E-state index is -0.846. The molecule has 3 nitrogen and oxygen atoms in total. The van der Waals surface area contributed by atoms with Crippen LogP contribution in [0.2, 0.25) is 0 Å². The molecule has 0 bridgehead atoms. The van der Waals surface area contributed by atoms with Gasteiger partial charge in [-0.2, -0.15) is 0 Å². The zero-order chi connectivity index (χ0) is 15.1. The lowest BCUT2D eigenvalue weighted by Crippen LogP contribution is -2.28. The number of hydrogen-bond donors (Lipinski definition) is 0. The highest BCUT2D eigenvalue weighted by atomic mass is 127. The summed E-state index contributed by atoms with van der Waals surface area (Å²) < 4.78 is 31.7. The molecule has 0 N–H and O–H groups in total. The fourth-order valence-corrected chi connectivity index (χ4v) is 2.59. The van der Waals surface area contributed by atoms with Gasteiger partial charge in [0.2, 0.25) is 5.90 Å². The van der Waals surface area contributed by atoms with Crippen molar-refractivity contribution in [3.05, 3.63) is 35.4 Å². The van der Waals surface area contributed by atoms with Gasteiger partial charge in [0, 0.05) is 6.07 Å². The lowest BCUT2D eigenvalue weighted by molar-refractivity contribution is -0.117. The van der Waals surface area contributed by atoms with Crippen molar-refractivity contribution in [3.63, 3.8) is 0 Å². The maximum atomic E-state index is 13.3. The first-order valence-electron chi connectivity index (χ1n) is 6.08. The molecule has 1 heterocycles. The second kappa shape index (κ2) is 5.38. The zero-order valence-corrected chi connectivity index (χ0v) is 13.4. The fourth-order valence-electron chi connectivity index (χ4n) is 1.96. The molecule has 0 amide bonds. The fraction of sp³-hybridized carbons (Fsp3) is 0.429. The number of ether oxygens (including phenoxy) is 1. The van der Waals surface area contributed by atoms with E-state index in [1.54, 1.807) is 0 Å². The molecular formula is C14H14F2INO2. The quantitative estimate of drug-likeness (QED) is 0.416. The van der Waals surface area contributed by atoms with Crippen molar-refractivity contribution in [2.45, 2.75) is 36.3 Å². The van der Waals surface area contributed by atoms with Crippen molar-refractivity contribution in [2.24, 2.45) is 4.99 Å². The first-order valence-corrected chi connectivity index (χ1v) is 7.32. The molecule has 2 atom stereocenters. The molecule has 0 spiro atoms. The third-order valence-electron chi connectivity index (χ3n) is 2.64. The van der Waals surface area contributed by atoms with Crippen molar-refractivity contribution >= 4 is 34.3 Å². The summed E-state index contributed by atoms with van der Waals surface area (Å²) in [6, 6.07) is 3.05. The van der Waals surface area contributed by atoms with Crippen LogP contribution >= 0.6 is 22.6 Å². The summed E-state index contributed by atoms with van der Waals surface area (Å²) >= 11 is 1.88. The molecular weight excluding hydrogens is 379 g/mol. The van der Waals surface area contributed by atoms with Gasteiger partial charge < -0.3 is 4.74 Å². The summed E-state index contributed by atoms with van der Waals surface area (Å²) in [7, 11) is 0. The SMILES string of the molecule is CC(C)(C)OC1=NC(I)C(=O)C1c1cc(F)cc(F)c1. The van der Waals surface area contributed by atoms with Crippen LogP contribution in [0.1, 0.15) is 32.3 Å². The largest absolute Gasteiger partial charge is 0.474 e. The Morgan fingerprint density at radius 2 is 1.75 bits per heavy atom. The van der Waals surface area contributed by atoms with E-state index < -0.39 is 27.2 Å². The van der Waals surface area contributed by atoms with E-state index in [0.29, 0.717) is 0 Å². The van der Waals surface area contributed by atoms with Crippen LogP contribution in [0.3, 0.4) is 0 Å². The second-order valence-corrected chi connectivity index (χ2v) is 6.74. The van der Waals surface area contributed by atoms with Crippen molar-refractivity contribution in [1.82, 2.24) is 0 Å². The number of nitrogens with zero attached hydrogens (tertiary/aromatic N) is 1. The van der Waals surface area contributed by atoms with Gasteiger partial charge in [-0.05, 0) is 61.1 Å². The summed E-state index contributed by atoms with van der Waals surface area (Å²) in [6.45, 7) is 5.47. The topological polar surface area (TPSA) is 38.7 Å². The van der Waals surface area contributed by atoms with Gasteiger partial charge >= 0.3 is 0 Å². The standard InChI is InChI=1S/C14H14F2INO2/c1-14(2,3)20-13-10(11(19)12(17)18-13)7-4-8(15)6-9(16)5-7/h4-6,10,12H,1-3H3. The number of hydrogen-bond acceptors (Lipinski definition) is 3. The van der Waals surface area contributed by atoms with Gasteiger partial charge in [0.05, 0.1) is 0 Å². The second-order valence-electron chi connectivity index (χ2n) is 5.56. The maximum absolute atomic E-state index is 13.3. The van der Waals surface area contributed by atoms with Gasteiger partial charge in [0.15, 0.2) is 9.83 Å². The number of carbonyl (C=O) groups excluding carboxylic acids is 1. The Morgan fingerprint density at radius 1 is 1.20 bits per heavy atom. The number of alkyl halides is 1. The normalized spacial score (nSPS) is 22.9. The Hall–Kier alpha value is -1.05. The number of benzene rings is 1. The molecule has 20 heavy (non-hydrogen) atoms. The van der Waals surface area contributed by atoms with E-state index >= 15 is 0 Å². The van der Waals surface area contributed by atoms with Crippen LogP contribution in [-0.2, 0) is 9.53 Å². The lowest BCUT2D eigenvalue weighted by Gasteiger charge is -2.23. The number of rotatable bonds is 1. The monoisotopic (exact) mass is 393 g/mol. The van der Waals surface area contributed by atoms with Gasteiger partial charge in [-0.3, -0.25) is 4.79 Å². The summed E-state index contributed by atoms with van der Waals surface area (Å²) in [4.78, 5) is 16.3. The highest BCUT2D eigenvalue weighted by Gasteiger charge is 2.40. The number of aliphatic imine (C=N–C) groups is 1. The summed E-state index contributed by atoms with van der Waals surface area (Å²) in [6.07, 6.45) is 0. The van der Waals surface area contributed by atoms with Gasteiger partial charge in [0.25, 0.3) is 0 Å². The van der Waals surface area contributed by atoms with Crippen LogP contribution in [0.5, 0.6) is 0 Å². The van der Waals surface area contributed by atoms with Crippen LogP contribution in [0.4, 0.5) is 8.78 Å². The molecule has 6 heteroatoms. The number of halogens is 3. The molecule has 2 unspecified atom stereocenters. The highest BCUT2D eigenvalue weighted by molar-refractivity contribution is 14.1. The predicted molar refractivity (Wildman–Crippen MR) is 80.2 cm³/mol. The Kier molecular flexibility index (Phi) is 4.13. The van der Waals surface area contributed by atoms with Gasteiger partial charge in [-0.25, -0.2) is 13.8 Å². The van der Waals surface area contributed by atoms with E-state index in [-0.39, 0.29) is 17.2 Å². The van der Waals surface area contributed by atoms with Crippen LogP contribution in [0.25, 0.3) is 0 Å². The van der Waals surface area contributed by atoms with E-state index in [1.807, 2.05) is 43.4 Å². The zero-order valence-electron chi connectivity index (χ0n) is 11.3. The first-order chi connectivity index (χ1) is 9.17. The highest BCUT2D eigenvalue weighted by Crippen LogP contribution is 2.33. The first kappa shape index (κ1) is 15.3. The molecule has 1 aliphatic heterocycles. The summed E-state index contributed by atoms with van der Waals surface area (Å²) in [5.74, 6) is -2.30. The van der Waals surface area contributed by atoms with E-state index in [0.717, 1.165) is 18.2 Å². The molecule has 1 aliphatic rings. The smallest absolute Gasteiger partial charge is 0.200 e. The molecule has 0 aliphatic carbocycles. The van der Waals surface area contributed by atoms with Crippen molar-refractivity contribution in [1.29, 1.82) is 0 Å². The maximum Gasteiger partial charge on any atom is 0.200 e. The molecule has 0 aromatic heterocycles. The summed E-state index contributed by atoms with van der Waals surface area (Å²) in [5.41, 5.74) is -0.307. The number of carbonyl (C=O) groups is 1. The third-order valence-corrected chi connectivity index (χ3v) is 3.53. The van der Waals surface area contributed by atoms with Crippen molar-refractivity contribution in [2.75, 3.05) is 0 Å². The Morgan fingerprint density at radius 3 is 2.25 bits per heavy atom. The van der Waals surface area contributed by atoms with E-state index in [9.17, 15) is 13.6 Å². The minimum Gasteiger partial charge on any atom is -0.474 e. The third kappa shape index (κ3) is 3.34. The van der Waals surface area contributed by atoms with Crippen LogP contribution < -0.4 is 0 Å². The van der Waals surface area contributed by atoms with Crippen LogP contribution in [-0.4, -0.2) is 21.3 Å². The molecule has 0 saturated heterocycles. The van der Waals surface area contributed by atoms with E-state index in [1.165, 1.54) is 0 Å². The van der Waals surface area contributed by atoms with Gasteiger partial charge in [-0.1, -0.05) is 0 Å². The molecule has 2 rings (SSSR count). The molecule has 0 saturated carbocycles. The van der Waals surface area contributed by atoms with E-state index in [4.69, 9.17) is 4.74 Å². The van der Waals surface area contributed by atoms with Gasteiger partial charge in [-0.15, -0.1) is 0 Å². The van der Waals surface area contributed by atoms with Crippen molar-refractivity contribution < 1.29 is 18.3 Å². The van der Waals surface area contributed by atoms with E-state index in [2.05, 4.69) is 4.99 Å². The molecule has 1 aromatic rings. The Labute approximate surface area is 129 Å². The van der Waals surface area contributed by atoms with Gasteiger partial charge in [0.1, 0.15) is 23.2 Å². The summed E-state index contributed by atoms with van der Waals surface area (Å²) in [5, 5.41) is 0. The molecule has 0 fully saturated rings. The Balaban J connectivity index is 2.41. The number of Topliss-reactive ketones (excluding diaryl/α,β-unsaturated/α-hetero) is 1. The average molecular weight is 393 g/mol. The number of ketones is 1. The Bertz CT molecular complexity index is 561. The molecule has 1 aromatic carbocycles. The van der Waals surface area contributed by atoms with Crippen LogP contribution in [0.15, 0.2) is 23.2 Å². The lowest BCUT2D eigenvalue weighted by atomic mass is 9.95. The average Bonchev–Trinajstić information content (AvgIpc) is 2.50. The minimum absolute atomic E-state index is 0.215. The molecule has 108 valence electrons. The predicted octanol–water partition coefficient (Wildman–Crippen LogP) is 3.61. The molecule has 0 radical (unpaired) electrons.